The first-order chi connectivity index (χ1) is 6.56. The largest absolute Gasteiger partial charge is 0.374 e. The molecule has 14 heavy (non-hydrogen) atoms. The van der Waals surface area contributed by atoms with Gasteiger partial charge < -0.3 is 4.74 Å². The van der Waals surface area contributed by atoms with Gasteiger partial charge in [-0.25, -0.2) is 0 Å². The normalized spacial score (nSPS) is 12.6. The summed E-state index contributed by atoms with van der Waals surface area (Å²) in [5.74, 6) is -0.0469. The molecule has 0 aliphatic heterocycles. The number of carbonyl (C=O) groups is 1. The zero-order chi connectivity index (χ0) is 10.7. The molecule has 0 heterocycles. The molecule has 2 nitrogen and oxygen atoms in total. The topological polar surface area (TPSA) is 26.3 Å². The molecule has 0 fully saturated rings. The van der Waals surface area contributed by atoms with Crippen molar-refractivity contribution in [3.8, 4) is 0 Å². The standard InChI is InChI=1S/C11H13ClO2/c1-7-4-5-9(6-10(7)12)11(13)8(2)14-3/h4-6,8H,1-3H3. The minimum absolute atomic E-state index is 0.0469. The van der Waals surface area contributed by atoms with Gasteiger partial charge in [-0.2, -0.15) is 0 Å². The Labute approximate surface area is 88.8 Å². The van der Waals surface area contributed by atoms with Gasteiger partial charge in [-0.05, 0) is 25.5 Å². The van der Waals surface area contributed by atoms with Crippen LogP contribution in [-0.4, -0.2) is 19.0 Å². The van der Waals surface area contributed by atoms with Crippen molar-refractivity contribution in [2.24, 2.45) is 0 Å². The van der Waals surface area contributed by atoms with Crippen LogP contribution in [0.15, 0.2) is 18.2 Å². The van der Waals surface area contributed by atoms with Crippen LogP contribution in [-0.2, 0) is 4.74 Å². The van der Waals surface area contributed by atoms with E-state index in [-0.39, 0.29) is 5.78 Å². The molecule has 0 aliphatic carbocycles. The molecule has 0 aromatic heterocycles. The van der Waals surface area contributed by atoms with E-state index in [0.717, 1.165) is 5.56 Å². The summed E-state index contributed by atoms with van der Waals surface area (Å²) in [5.41, 5.74) is 1.56. The van der Waals surface area contributed by atoms with Gasteiger partial charge in [-0.3, -0.25) is 4.79 Å². The van der Waals surface area contributed by atoms with E-state index in [9.17, 15) is 4.79 Å². The van der Waals surface area contributed by atoms with E-state index in [1.54, 1.807) is 19.1 Å². The van der Waals surface area contributed by atoms with Crippen LogP contribution in [0.2, 0.25) is 5.02 Å². The highest BCUT2D eigenvalue weighted by molar-refractivity contribution is 6.31. The molecule has 1 rings (SSSR count). The maximum Gasteiger partial charge on any atom is 0.191 e. The lowest BCUT2D eigenvalue weighted by molar-refractivity contribution is 0.0655. The smallest absolute Gasteiger partial charge is 0.191 e. The third kappa shape index (κ3) is 2.34. The Morgan fingerprint density at radius 2 is 2.14 bits per heavy atom. The first-order valence-electron chi connectivity index (χ1n) is 4.39. The van der Waals surface area contributed by atoms with Gasteiger partial charge >= 0.3 is 0 Å². The summed E-state index contributed by atoms with van der Waals surface area (Å²) in [6.07, 6.45) is -0.422. The van der Waals surface area contributed by atoms with E-state index in [0.29, 0.717) is 10.6 Å². The number of ketones is 1. The molecule has 3 heteroatoms. The quantitative estimate of drug-likeness (QED) is 0.721. The molecular weight excluding hydrogens is 200 g/mol. The van der Waals surface area contributed by atoms with Crippen LogP contribution >= 0.6 is 11.6 Å². The minimum atomic E-state index is -0.422. The number of hydrogen-bond acceptors (Lipinski definition) is 2. The van der Waals surface area contributed by atoms with Gasteiger partial charge in [0, 0.05) is 17.7 Å². The second kappa shape index (κ2) is 4.58. The van der Waals surface area contributed by atoms with Crippen molar-refractivity contribution < 1.29 is 9.53 Å². The number of rotatable bonds is 3. The molecule has 1 unspecified atom stereocenters. The molecule has 0 bridgehead atoms. The van der Waals surface area contributed by atoms with E-state index in [1.165, 1.54) is 7.11 Å². The fourth-order valence-electron chi connectivity index (χ4n) is 1.09. The summed E-state index contributed by atoms with van der Waals surface area (Å²) in [7, 11) is 1.51. The molecule has 1 atom stereocenters. The van der Waals surface area contributed by atoms with Crippen molar-refractivity contribution in [2.45, 2.75) is 20.0 Å². The zero-order valence-electron chi connectivity index (χ0n) is 8.50. The number of benzene rings is 1. The van der Waals surface area contributed by atoms with Crippen molar-refractivity contribution in [1.82, 2.24) is 0 Å². The van der Waals surface area contributed by atoms with Crippen molar-refractivity contribution >= 4 is 17.4 Å². The predicted octanol–water partition coefficient (Wildman–Crippen LogP) is 2.87. The van der Waals surface area contributed by atoms with E-state index in [4.69, 9.17) is 16.3 Å². The number of hydrogen-bond donors (Lipinski definition) is 0. The van der Waals surface area contributed by atoms with Gasteiger partial charge in [-0.15, -0.1) is 0 Å². The lowest BCUT2D eigenvalue weighted by Gasteiger charge is -2.08. The molecule has 0 radical (unpaired) electrons. The van der Waals surface area contributed by atoms with Gasteiger partial charge in [-0.1, -0.05) is 23.7 Å². The van der Waals surface area contributed by atoms with Gasteiger partial charge in [0.05, 0.1) is 0 Å². The Balaban J connectivity index is 2.97. The summed E-state index contributed by atoms with van der Waals surface area (Å²) < 4.78 is 4.94. The summed E-state index contributed by atoms with van der Waals surface area (Å²) in [4.78, 5) is 11.7. The highest BCUT2D eigenvalue weighted by atomic mass is 35.5. The Bertz CT molecular complexity index is 347. The number of halogens is 1. The maximum absolute atomic E-state index is 11.7. The van der Waals surface area contributed by atoms with Crippen molar-refractivity contribution in [3.05, 3.63) is 34.3 Å². The Kier molecular flexibility index (Phi) is 3.67. The van der Waals surface area contributed by atoms with Crippen LogP contribution in [0.5, 0.6) is 0 Å². The van der Waals surface area contributed by atoms with Gasteiger partial charge in [0.25, 0.3) is 0 Å². The molecule has 0 amide bonds. The molecule has 0 saturated carbocycles. The molecule has 0 aliphatic rings. The Morgan fingerprint density at radius 3 is 2.64 bits per heavy atom. The molecule has 1 aromatic rings. The summed E-state index contributed by atoms with van der Waals surface area (Å²) >= 11 is 5.91. The Morgan fingerprint density at radius 1 is 1.50 bits per heavy atom. The fourth-order valence-corrected chi connectivity index (χ4v) is 1.27. The summed E-state index contributed by atoms with van der Waals surface area (Å²) in [6, 6.07) is 5.27. The predicted molar refractivity (Wildman–Crippen MR) is 57.0 cm³/mol. The van der Waals surface area contributed by atoms with E-state index in [1.807, 2.05) is 13.0 Å². The van der Waals surface area contributed by atoms with Gasteiger partial charge in [0.15, 0.2) is 5.78 Å². The lowest BCUT2D eigenvalue weighted by Crippen LogP contribution is -2.18. The Hall–Kier alpha value is -0.860. The third-order valence-corrected chi connectivity index (χ3v) is 2.59. The zero-order valence-corrected chi connectivity index (χ0v) is 9.26. The average Bonchev–Trinajstić information content (AvgIpc) is 2.20. The molecule has 0 N–H and O–H groups in total. The van der Waals surface area contributed by atoms with E-state index >= 15 is 0 Å². The maximum atomic E-state index is 11.7. The fraction of sp³-hybridized carbons (Fsp3) is 0.364. The van der Waals surface area contributed by atoms with E-state index < -0.39 is 6.10 Å². The van der Waals surface area contributed by atoms with Crippen LogP contribution < -0.4 is 0 Å². The first-order valence-corrected chi connectivity index (χ1v) is 4.77. The number of Topliss-reactive ketones (excluding diaryl/α,β-unsaturated/α-hetero) is 1. The van der Waals surface area contributed by atoms with Gasteiger partial charge in [0.2, 0.25) is 0 Å². The van der Waals surface area contributed by atoms with E-state index in [2.05, 4.69) is 0 Å². The second-order valence-electron chi connectivity index (χ2n) is 3.21. The van der Waals surface area contributed by atoms with Crippen LogP contribution in [0, 0.1) is 6.92 Å². The first kappa shape index (κ1) is 11.2. The van der Waals surface area contributed by atoms with Crippen molar-refractivity contribution in [3.63, 3.8) is 0 Å². The SMILES string of the molecule is COC(C)C(=O)c1ccc(C)c(Cl)c1. The van der Waals surface area contributed by atoms with Gasteiger partial charge in [0.1, 0.15) is 6.10 Å². The summed E-state index contributed by atoms with van der Waals surface area (Å²) in [5, 5.41) is 0.610. The number of ether oxygens (including phenoxy) is 1. The molecule has 1 aromatic carbocycles. The van der Waals surface area contributed by atoms with Crippen LogP contribution in [0.3, 0.4) is 0 Å². The van der Waals surface area contributed by atoms with Crippen LogP contribution in [0.25, 0.3) is 0 Å². The van der Waals surface area contributed by atoms with Crippen LogP contribution in [0.1, 0.15) is 22.8 Å². The monoisotopic (exact) mass is 212 g/mol. The molecule has 0 spiro atoms. The molecular formula is C11H13ClO2. The van der Waals surface area contributed by atoms with Crippen molar-refractivity contribution in [2.75, 3.05) is 7.11 Å². The number of carbonyl (C=O) groups excluding carboxylic acids is 1. The van der Waals surface area contributed by atoms with Crippen molar-refractivity contribution in [1.29, 1.82) is 0 Å². The highest BCUT2D eigenvalue weighted by Crippen LogP contribution is 2.18. The second-order valence-corrected chi connectivity index (χ2v) is 3.61. The highest BCUT2D eigenvalue weighted by Gasteiger charge is 2.14. The average molecular weight is 213 g/mol. The summed E-state index contributed by atoms with van der Waals surface area (Å²) in [6.45, 7) is 3.62. The number of aryl methyl sites for hydroxylation is 1. The number of methoxy groups -OCH3 is 1. The van der Waals surface area contributed by atoms with Crippen LogP contribution in [0.4, 0.5) is 0 Å². The lowest BCUT2D eigenvalue weighted by atomic mass is 10.1. The third-order valence-electron chi connectivity index (χ3n) is 2.18. The molecule has 76 valence electrons. The molecule has 0 saturated heterocycles. The minimum Gasteiger partial charge on any atom is -0.374 e.